The Labute approximate surface area is 81.5 Å². The van der Waals surface area contributed by atoms with Gasteiger partial charge in [-0.3, -0.25) is 0 Å². The molecule has 0 fully saturated rings. The molecule has 0 aliphatic heterocycles. The highest BCUT2D eigenvalue weighted by molar-refractivity contribution is 9.10. The van der Waals surface area contributed by atoms with E-state index < -0.39 is 16.1 Å². The number of nitrogens with one attached hydrogen (secondary N) is 1. The van der Waals surface area contributed by atoms with Gasteiger partial charge in [0.15, 0.2) is 0 Å². The first-order valence-corrected chi connectivity index (χ1v) is 6.50. The molecule has 0 radical (unpaired) electrons. The van der Waals surface area contributed by atoms with E-state index in [0.717, 1.165) is 6.42 Å². The Balaban J connectivity index is 3.68. The van der Waals surface area contributed by atoms with Gasteiger partial charge in [0, 0.05) is 6.54 Å². The zero-order valence-corrected chi connectivity index (χ0v) is 9.36. The molecule has 6 heteroatoms. The SMILES string of the molecule is CCCC(O)CNS(=O)(=O)CBr. The van der Waals surface area contributed by atoms with E-state index in [9.17, 15) is 8.42 Å². The number of aliphatic hydroxyl groups is 1. The van der Waals surface area contributed by atoms with Gasteiger partial charge in [0.1, 0.15) is 4.66 Å². The normalized spacial score (nSPS) is 14.6. The van der Waals surface area contributed by atoms with Crippen LogP contribution < -0.4 is 4.72 Å². The molecule has 2 N–H and O–H groups in total. The van der Waals surface area contributed by atoms with E-state index in [0.29, 0.717) is 6.42 Å². The van der Waals surface area contributed by atoms with Gasteiger partial charge >= 0.3 is 0 Å². The van der Waals surface area contributed by atoms with Crippen LogP contribution in [0.4, 0.5) is 0 Å². The number of alkyl halides is 1. The summed E-state index contributed by atoms with van der Waals surface area (Å²) >= 11 is 2.83. The van der Waals surface area contributed by atoms with Crippen LogP contribution in [-0.4, -0.2) is 30.8 Å². The predicted molar refractivity (Wildman–Crippen MR) is 51.6 cm³/mol. The Morgan fingerprint density at radius 1 is 1.58 bits per heavy atom. The minimum absolute atomic E-state index is 0.0990. The van der Waals surface area contributed by atoms with Crippen molar-refractivity contribution in [2.24, 2.45) is 0 Å². The molecule has 1 unspecified atom stereocenters. The zero-order chi connectivity index (χ0) is 9.61. The Hall–Kier alpha value is 0.350. The Kier molecular flexibility index (Phi) is 6.08. The quantitative estimate of drug-likeness (QED) is 0.680. The summed E-state index contributed by atoms with van der Waals surface area (Å²) in [7, 11) is -3.23. The van der Waals surface area contributed by atoms with Crippen molar-refractivity contribution in [2.75, 3.05) is 11.2 Å². The highest BCUT2D eigenvalue weighted by atomic mass is 79.9. The molecule has 0 saturated carbocycles. The van der Waals surface area contributed by atoms with Crippen molar-refractivity contribution in [3.63, 3.8) is 0 Å². The van der Waals surface area contributed by atoms with Crippen molar-refractivity contribution in [3.8, 4) is 0 Å². The molecule has 12 heavy (non-hydrogen) atoms. The van der Waals surface area contributed by atoms with Crippen LogP contribution >= 0.6 is 15.9 Å². The van der Waals surface area contributed by atoms with Crippen LogP contribution in [0.2, 0.25) is 0 Å². The molecule has 0 amide bonds. The third kappa shape index (κ3) is 5.93. The maximum Gasteiger partial charge on any atom is 0.221 e. The molecule has 0 aliphatic rings. The second-order valence-corrected chi connectivity index (χ2v) is 5.62. The van der Waals surface area contributed by atoms with Gasteiger partial charge in [-0.15, -0.1) is 0 Å². The van der Waals surface area contributed by atoms with E-state index in [1.807, 2.05) is 6.92 Å². The predicted octanol–water partition coefficient (Wildman–Crippen LogP) is 0.419. The lowest BCUT2D eigenvalue weighted by molar-refractivity contribution is 0.167. The van der Waals surface area contributed by atoms with Gasteiger partial charge in [-0.2, -0.15) is 0 Å². The summed E-state index contributed by atoms with van der Waals surface area (Å²) < 4.78 is 23.8. The average molecular weight is 260 g/mol. The van der Waals surface area contributed by atoms with Crippen molar-refractivity contribution in [1.29, 1.82) is 0 Å². The molecule has 0 bridgehead atoms. The summed E-state index contributed by atoms with van der Waals surface area (Å²) in [4.78, 5) is 0. The number of hydrogen-bond acceptors (Lipinski definition) is 3. The lowest BCUT2D eigenvalue weighted by atomic mass is 10.2. The fourth-order valence-electron chi connectivity index (χ4n) is 0.697. The lowest BCUT2D eigenvalue weighted by Gasteiger charge is -2.09. The minimum Gasteiger partial charge on any atom is -0.392 e. The van der Waals surface area contributed by atoms with E-state index in [1.54, 1.807) is 0 Å². The van der Waals surface area contributed by atoms with Crippen LogP contribution in [0.25, 0.3) is 0 Å². The minimum atomic E-state index is -3.23. The molecule has 1 atom stereocenters. The maximum atomic E-state index is 10.8. The molecule has 0 spiro atoms. The summed E-state index contributed by atoms with van der Waals surface area (Å²) in [6.07, 6.45) is 0.881. The monoisotopic (exact) mass is 259 g/mol. The Morgan fingerprint density at radius 2 is 2.17 bits per heavy atom. The van der Waals surface area contributed by atoms with Crippen LogP contribution in [0, 0.1) is 0 Å². The molecule has 0 aromatic heterocycles. The molecule has 4 nitrogen and oxygen atoms in total. The average Bonchev–Trinajstić information content (AvgIpc) is 2.02. The standard InChI is InChI=1S/C6H14BrNO3S/c1-2-3-6(9)4-8-12(10,11)5-7/h6,8-9H,2-5H2,1H3. The molecule has 0 aromatic rings. The second-order valence-electron chi connectivity index (χ2n) is 2.51. The molecular weight excluding hydrogens is 246 g/mol. The van der Waals surface area contributed by atoms with Gasteiger partial charge in [0.2, 0.25) is 10.0 Å². The first-order valence-electron chi connectivity index (χ1n) is 3.73. The summed E-state index contributed by atoms with van der Waals surface area (Å²) in [6.45, 7) is 2.03. The summed E-state index contributed by atoms with van der Waals surface area (Å²) in [6, 6.07) is 0. The molecule has 0 aromatic carbocycles. The summed E-state index contributed by atoms with van der Waals surface area (Å²) in [5.41, 5.74) is 0. The second kappa shape index (κ2) is 5.90. The Bertz CT molecular complexity index is 205. The topological polar surface area (TPSA) is 66.4 Å². The third-order valence-corrected chi connectivity index (χ3v) is 4.01. The smallest absolute Gasteiger partial charge is 0.221 e. The van der Waals surface area contributed by atoms with Crippen molar-refractivity contribution in [1.82, 2.24) is 4.72 Å². The van der Waals surface area contributed by atoms with Gasteiger partial charge in [-0.1, -0.05) is 29.3 Å². The van der Waals surface area contributed by atoms with E-state index in [-0.39, 0.29) is 11.2 Å². The van der Waals surface area contributed by atoms with E-state index >= 15 is 0 Å². The van der Waals surface area contributed by atoms with Gasteiger partial charge in [0.05, 0.1) is 6.10 Å². The fourth-order valence-corrected chi connectivity index (χ4v) is 1.71. The maximum absolute atomic E-state index is 10.8. The molecule has 0 heterocycles. The molecular formula is C6H14BrNO3S. The Morgan fingerprint density at radius 3 is 2.58 bits per heavy atom. The first kappa shape index (κ1) is 12.3. The van der Waals surface area contributed by atoms with Crippen LogP contribution in [0.3, 0.4) is 0 Å². The number of rotatable bonds is 6. The van der Waals surface area contributed by atoms with Gasteiger partial charge in [-0.05, 0) is 6.42 Å². The van der Waals surface area contributed by atoms with Crippen molar-refractivity contribution in [3.05, 3.63) is 0 Å². The zero-order valence-electron chi connectivity index (χ0n) is 6.96. The summed E-state index contributed by atoms with van der Waals surface area (Å²) in [5, 5.41) is 9.17. The van der Waals surface area contributed by atoms with Crippen LogP contribution in [0.15, 0.2) is 0 Å². The van der Waals surface area contributed by atoms with Gasteiger partial charge in [0.25, 0.3) is 0 Å². The van der Waals surface area contributed by atoms with Crippen molar-refractivity contribution < 1.29 is 13.5 Å². The van der Waals surface area contributed by atoms with Gasteiger partial charge < -0.3 is 5.11 Å². The van der Waals surface area contributed by atoms with Crippen LogP contribution in [0.5, 0.6) is 0 Å². The highest BCUT2D eigenvalue weighted by Crippen LogP contribution is 1.96. The number of sulfonamides is 1. The van der Waals surface area contributed by atoms with Crippen LogP contribution in [0.1, 0.15) is 19.8 Å². The van der Waals surface area contributed by atoms with E-state index in [4.69, 9.17) is 5.11 Å². The van der Waals surface area contributed by atoms with Crippen LogP contribution in [-0.2, 0) is 10.0 Å². The van der Waals surface area contributed by atoms with E-state index in [2.05, 4.69) is 20.7 Å². The molecule has 0 saturated heterocycles. The summed E-state index contributed by atoms with van der Waals surface area (Å²) in [5.74, 6) is 0. The van der Waals surface area contributed by atoms with Crippen molar-refractivity contribution >= 4 is 26.0 Å². The molecule has 0 rings (SSSR count). The first-order chi connectivity index (χ1) is 5.52. The molecule has 0 aliphatic carbocycles. The number of halogens is 1. The fraction of sp³-hybridized carbons (Fsp3) is 1.00. The third-order valence-electron chi connectivity index (χ3n) is 1.30. The highest BCUT2D eigenvalue weighted by Gasteiger charge is 2.09. The van der Waals surface area contributed by atoms with Crippen molar-refractivity contribution in [2.45, 2.75) is 25.9 Å². The number of hydrogen-bond donors (Lipinski definition) is 2. The van der Waals surface area contributed by atoms with E-state index in [1.165, 1.54) is 0 Å². The van der Waals surface area contributed by atoms with Gasteiger partial charge in [-0.25, -0.2) is 13.1 Å². The molecule has 74 valence electrons. The lowest BCUT2D eigenvalue weighted by Crippen LogP contribution is -2.32. The number of aliphatic hydroxyl groups excluding tert-OH is 1. The largest absolute Gasteiger partial charge is 0.392 e.